The van der Waals surface area contributed by atoms with Crippen molar-refractivity contribution in [2.24, 2.45) is 0 Å². The molecule has 0 saturated heterocycles. The Morgan fingerprint density at radius 1 is 1.03 bits per heavy atom. The number of rotatable bonds is 6. The fourth-order valence-corrected chi connectivity index (χ4v) is 3.18. The molecule has 29 heavy (non-hydrogen) atoms. The Kier molecular flexibility index (Phi) is 5.24. The van der Waals surface area contributed by atoms with Gasteiger partial charge < -0.3 is 9.30 Å². The average Bonchev–Trinajstić information content (AvgIpc) is 3.10. The molecule has 0 radical (unpaired) electrons. The van der Waals surface area contributed by atoms with Gasteiger partial charge in [0.15, 0.2) is 0 Å². The smallest absolute Gasteiger partial charge is 0.261 e. The van der Waals surface area contributed by atoms with E-state index in [4.69, 9.17) is 4.74 Å². The van der Waals surface area contributed by atoms with Crippen molar-refractivity contribution in [3.8, 4) is 5.75 Å². The van der Waals surface area contributed by atoms with Crippen LogP contribution in [-0.2, 0) is 13.2 Å². The van der Waals surface area contributed by atoms with Crippen LogP contribution in [0.15, 0.2) is 72.8 Å². The predicted octanol–water partition coefficient (Wildman–Crippen LogP) is 5.03. The van der Waals surface area contributed by atoms with E-state index in [1.54, 1.807) is 36.4 Å². The SMILES string of the molecule is CCn1c(NC(=O)c2ccccc2OCc2ccc(F)cc2)nc2ccccc21. The van der Waals surface area contributed by atoms with E-state index in [1.807, 2.05) is 35.8 Å². The molecule has 0 aliphatic carbocycles. The number of imidazole rings is 1. The van der Waals surface area contributed by atoms with E-state index in [0.717, 1.165) is 16.6 Å². The lowest BCUT2D eigenvalue weighted by Gasteiger charge is -2.12. The second-order valence-corrected chi connectivity index (χ2v) is 6.53. The minimum Gasteiger partial charge on any atom is -0.488 e. The third kappa shape index (κ3) is 3.96. The Bertz CT molecular complexity index is 1150. The summed E-state index contributed by atoms with van der Waals surface area (Å²) in [5.74, 6) is 0.345. The third-order valence-electron chi connectivity index (χ3n) is 4.64. The van der Waals surface area contributed by atoms with E-state index in [-0.39, 0.29) is 18.3 Å². The highest BCUT2D eigenvalue weighted by Crippen LogP contribution is 2.23. The average molecular weight is 389 g/mol. The minimum atomic E-state index is -0.301. The molecule has 0 atom stereocenters. The lowest BCUT2D eigenvalue weighted by molar-refractivity contribution is 0.102. The number of halogens is 1. The summed E-state index contributed by atoms with van der Waals surface area (Å²) in [4.78, 5) is 17.5. The molecule has 4 rings (SSSR count). The van der Waals surface area contributed by atoms with Crippen LogP contribution in [0.3, 0.4) is 0 Å². The molecule has 0 spiro atoms. The van der Waals surface area contributed by atoms with Crippen LogP contribution in [0.4, 0.5) is 10.3 Å². The second-order valence-electron chi connectivity index (χ2n) is 6.53. The Labute approximate surface area is 167 Å². The van der Waals surface area contributed by atoms with Crippen LogP contribution in [0.25, 0.3) is 11.0 Å². The van der Waals surface area contributed by atoms with Crippen molar-refractivity contribution in [3.05, 3.63) is 89.7 Å². The van der Waals surface area contributed by atoms with Gasteiger partial charge in [0.2, 0.25) is 5.95 Å². The maximum atomic E-state index is 13.1. The summed E-state index contributed by atoms with van der Waals surface area (Å²) in [6.45, 7) is 2.92. The topological polar surface area (TPSA) is 56.2 Å². The van der Waals surface area contributed by atoms with Crippen LogP contribution in [-0.4, -0.2) is 15.5 Å². The van der Waals surface area contributed by atoms with E-state index in [9.17, 15) is 9.18 Å². The van der Waals surface area contributed by atoms with Crippen molar-refractivity contribution in [3.63, 3.8) is 0 Å². The number of hydrogen-bond acceptors (Lipinski definition) is 3. The molecular formula is C23H20FN3O2. The zero-order chi connectivity index (χ0) is 20.2. The fourth-order valence-electron chi connectivity index (χ4n) is 3.18. The van der Waals surface area contributed by atoms with E-state index in [0.29, 0.717) is 23.8 Å². The summed E-state index contributed by atoms with van der Waals surface area (Å²) in [5.41, 5.74) is 3.01. The van der Waals surface area contributed by atoms with Gasteiger partial charge in [0.05, 0.1) is 16.6 Å². The number of aromatic nitrogens is 2. The first-order valence-electron chi connectivity index (χ1n) is 9.38. The number of nitrogens with zero attached hydrogens (tertiary/aromatic N) is 2. The van der Waals surface area contributed by atoms with Crippen molar-refractivity contribution >= 4 is 22.9 Å². The Hall–Kier alpha value is -3.67. The molecule has 0 unspecified atom stereocenters. The highest BCUT2D eigenvalue weighted by Gasteiger charge is 2.16. The number of benzene rings is 3. The number of fused-ring (bicyclic) bond motifs is 1. The maximum absolute atomic E-state index is 13.1. The zero-order valence-electron chi connectivity index (χ0n) is 15.9. The zero-order valence-corrected chi connectivity index (χ0v) is 15.9. The second kappa shape index (κ2) is 8.14. The number of hydrogen-bond donors (Lipinski definition) is 1. The van der Waals surface area contributed by atoms with E-state index in [2.05, 4.69) is 10.3 Å². The first kappa shape index (κ1) is 18.7. The summed E-state index contributed by atoms with van der Waals surface area (Å²) < 4.78 is 20.8. The van der Waals surface area contributed by atoms with Crippen molar-refractivity contribution in [2.75, 3.05) is 5.32 Å². The van der Waals surface area contributed by atoms with Crippen LogP contribution < -0.4 is 10.1 Å². The van der Waals surface area contributed by atoms with Gasteiger partial charge >= 0.3 is 0 Å². The lowest BCUT2D eigenvalue weighted by Crippen LogP contribution is -2.17. The lowest BCUT2D eigenvalue weighted by atomic mass is 10.2. The van der Waals surface area contributed by atoms with Crippen LogP contribution in [0.5, 0.6) is 5.75 Å². The molecule has 6 heteroatoms. The summed E-state index contributed by atoms with van der Waals surface area (Å²) >= 11 is 0. The summed E-state index contributed by atoms with van der Waals surface area (Å²) in [6, 6.07) is 20.8. The number of amides is 1. The van der Waals surface area contributed by atoms with Gasteiger partial charge in [-0.1, -0.05) is 36.4 Å². The minimum absolute atomic E-state index is 0.234. The van der Waals surface area contributed by atoms with Crippen molar-refractivity contribution in [1.82, 2.24) is 9.55 Å². The molecule has 146 valence electrons. The molecule has 0 fully saturated rings. The third-order valence-corrected chi connectivity index (χ3v) is 4.64. The van der Waals surface area contributed by atoms with Gasteiger partial charge in [-0.25, -0.2) is 9.37 Å². The van der Waals surface area contributed by atoms with Gasteiger partial charge in [-0.15, -0.1) is 0 Å². The highest BCUT2D eigenvalue weighted by atomic mass is 19.1. The maximum Gasteiger partial charge on any atom is 0.261 e. The Morgan fingerprint density at radius 3 is 2.55 bits per heavy atom. The fraction of sp³-hybridized carbons (Fsp3) is 0.130. The van der Waals surface area contributed by atoms with Crippen molar-refractivity contribution in [1.29, 1.82) is 0 Å². The number of anilines is 1. The summed E-state index contributed by atoms with van der Waals surface area (Å²) in [7, 11) is 0. The molecule has 0 saturated carbocycles. The normalized spacial score (nSPS) is 10.8. The molecule has 0 bridgehead atoms. The number of carbonyl (C=O) groups is 1. The van der Waals surface area contributed by atoms with Crippen molar-refractivity contribution < 1.29 is 13.9 Å². The van der Waals surface area contributed by atoms with Crippen LogP contribution in [0, 0.1) is 5.82 Å². The first-order chi connectivity index (χ1) is 14.2. The van der Waals surface area contributed by atoms with Crippen LogP contribution in [0.1, 0.15) is 22.8 Å². The number of ether oxygens (including phenoxy) is 1. The van der Waals surface area contributed by atoms with E-state index >= 15 is 0 Å². The molecule has 0 aliphatic rings. The molecule has 4 aromatic rings. The van der Waals surface area contributed by atoms with Gasteiger partial charge in [0, 0.05) is 6.54 Å². The molecule has 3 aromatic carbocycles. The largest absolute Gasteiger partial charge is 0.488 e. The molecule has 5 nitrogen and oxygen atoms in total. The van der Waals surface area contributed by atoms with Gasteiger partial charge in [0.1, 0.15) is 18.2 Å². The van der Waals surface area contributed by atoms with Crippen LogP contribution >= 0.6 is 0 Å². The number of para-hydroxylation sites is 3. The van der Waals surface area contributed by atoms with Gasteiger partial charge in [-0.2, -0.15) is 0 Å². The molecule has 1 heterocycles. The molecular weight excluding hydrogens is 369 g/mol. The van der Waals surface area contributed by atoms with Crippen LogP contribution in [0.2, 0.25) is 0 Å². The molecule has 1 aromatic heterocycles. The monoisotopic (exact) mass is 389 g/mol. The van der Waals surface area contributed by atoms with E-state index in [1.165, 1.54) is 12.1 Å². The van der Waals surface area contributed by atoms with Gasteiger partial charge in [0.25, 0.3) is 5.91 Å². The number of carbonyl (C=O) groups excluding carboxylic acids is 1. The highest BCUT2D eigenvalue weighted by molar-refractivity contribution is 6.06. The Balaban J connectivity index is 1.56. The van der Waals surface area contributed by atoms with Crippen molar-refractivity contribution in [2.45, 2.75) is 20.1 Å². The number of nitrogens with one attached hydrogen (secondary N) is 1. The first-order valence-corrected chi connectivity index (χ1v) is 9.38. The summed E-state index contributed by atoms with van der Waals surface area (Å²) in [5, 5.41) is 2.90. The molecule has 1 N–H and O–H groups in total. The molecule has 0 aliphatic heterocycles. The quantitative estimate of drug-likeness (QED) is 0.503. The van der Waals surface area contributed by atoms with Gasteiger partial charge in [-0.3, -0.25) is 10.1 Å². The standard InChI is InChI=1S/C23H20FN3O2/c1-2-27-20-9-5-4-8-19(20)25-23(27)26-22(28)18-7-3-6-10-21(18)29-15-16-11-13-17(24)14-12-16/h3-14H,2,15H2,1H3,(H,25,26,28). The van der Waals surface area contributed by atoms with E-state index < -0.39 is 0 Å². The Morgan fingerprint density at radius 2 is 1.76 bits per heavy atom. The van der Waals surface area contributed by atoms with Gasteiger partial charge in [-0.05, 0) is 48.9 Å². The summed E-state index contributed by atoms with van der Waals surface area (Å²) in [6.07, 6.45) is 0. The predicted molar refractivity (Wildman–Crippen MR) is 111 cm³/mol. The number of aryl methyl sites for hydroxylation is 1. The molecule has 1 amide bonds.